The zero-order valence-corrected chi connectivity index (χ0v) is 18.1. The molecule has 160 valence electrons. The standard InChI is InChI=1S/C29H18N4O/c1-2-9-19(10-3-1)28-31-32-29(34-28)22-13-8-12-21(17-22)27-26-18-20-11-4-6-15-24(20)33(26)25-16-7-5-14-23(25)30-27/h1-18H. The first-order chi connectivity index (χ1) is 16.8. The summed E-state index contributed by atoms with van der Waals surface area (Å²) in [6, 6.07) is 36.8. The van der Waals surface area contributed by atoms with Crippen LogP contribution in [0.4, 0.5) is 0 Å². The Hall–Kier alpha value is -4.77. The summed E-state index contributed by atoms with van der Waals surface area (Å²) in [5.74, 6) is 0.989. The second-order valence-corrected chi connectivity index (χ2v) is 8.23. The summed E-state index contributed by atoms with van der Waals surface area (Å²) in [7, 11) is 0. The number of hydrogen-bond donors (Lipinski definition) is 0. The van der Waals surface area contributed by atoms with E-state index in [0.717, 1.165) is 44.5 Å². The quantitative estimate of drug-likeness (QED) is 0.297. The van der Waals surface area contributed by atoms with Crippen LogP contribution >= 0.6 is 0 Å². The van der Waals surface area contributed by atoms with Crippen molar-refractivity contribution in [3.63, 3.8) is 0 Å². The molecule has 7 rings (SSSR count). The first kappa shape index (κ1) is 18.8. The van der Waals surface area contributed by atoms with E-state index in [4.69, 9.17) is 9.40 Å². The number of benzene rings is 4. The summed E-state index contributed by atoms with van der Waals surface area (Å²) in [5.41, 5.74) is 7.93. The van der Waals surface area contributed by atoms with E-state index >= 15 is 0 Å². The second kappa shape index (κ2) is 7.39. The molecular weight excluding hydrogens is 420 g/mol. The average Bonchev–Trinajstić information content (AvgIpc) is 3.55. The Labute approximate surface area is 195 Å². The molecule has 0 aliphatic carbocycles. The largest absolute Gasteiger partial charge is 0.416 e. The highest BCUT2D eigenvalue weighted by atomic mass is 16.4. The van der Waals surface area contributed by atoms with Crippen LogP contribution in [0.15, 0.2) is 114 Å². The van der Waals surface area contributed by atoms with Crippen LogP contribution in [0, 0.1) is 0 Å². The number of rotatable bonds is 3. The Morgan fingerprint density at radius 2 is 1.21 bits per heavy atom. The molecule has 7 aromatic rings. The van der Waals surface area contributed by atoms with Gasteiger partial charge in [-0.25, -0.2) is 4.98 Å². The van der Waals surface area contributed by atoms with Gasteiger partial charge >= 0.3 is 0 Å². The number of hydrogen-bond acceptors (Lipinski definition) is 4. The molecule has 3 aromatic heterocycles. The fraction of sp³-hybridized carbons (Fsp3) is 0. The normalized spacial score (nSPS) is 11.5. The zero-order chi connectivity index (χ0) is 22.5. The molecular formula is C29H18N4O. The molecule has 0 atom stereocenters. The number of fused-ring (bicyclic) bond motifs is 5. The van der Waals surface area contributed by atoms with Crippen molar-refractivity contribution in [2.75, 3.05) is 0 Å². The van der Waals surface area contributed by atoms with Gasteiger partial charge in [-0.15, -0.1) is 10.2 Å². The lowest BCUT2D eigenvalue weighted by Gasteiger charge is -2.10. The smallest absolute Gasteiger partial charge is 0.248 e. The summed E-state index contributed by atoms with van der Waals surface area (Å²) in [5, 5.41) is 9.73. The van der Waals surface area contributed by atoms with E-state index in [-0.39, 0.29) is 0 Å². The van der Waals surface area contributed by atoms with Crippen molar-refractivity contribution in [2.45, 2.75) is 0 Å². The SMILES string of the molecule is c1ccc(-c2nnc(-c3cccc(-c4nc5ccccc5n5c4cc4ccccc45)c3)o2)cc1. The minimum absolute atomic E-state index is 0.484. The summed E-state index contributed by atoms with van der Waals surface area (Å²) in [6.45, 7) is 0. The van der Waals surface area contributed by atoms with Gasteiger partial charge in [0.05, 0.1) is 27.8 Å². The van der Waals surface area contributed by atoms with Gasteiger partial charge < -0.3 is 8.82 Å². The molecule has 0 bridgehead atoms. The third kappa shape index (κ3) is 2.91. The maximum atomic E-state index is 6.00. The van der Waals surface area contributed by atoms with Crippen molar-refractivity contribution in [3.8, 4) is 34.2 Å². The highest BCUT2D eigenvalue weighted by Gasteiger charge is 2.16. The molecule has 3 heterocycles. The van der Waals surface area contributed by atoms with Crippen molar-refractivity contribution in [1.29, 1.82) is 0 Å². The highest BCUT2D eigenvalue weighted by molar-refractivity contribution is 5.98. The lowest BCUT2D eigenvalue weighted by Crippen LogP contribution is -1.95. The van der Waals surface area contributed by atoms with Crippen LogP contribution < -0.4 is 0 Å². The highest BCUT2D eigenvalue weighted by Crippen LogP contribution is 2.34. The molecule has 0 saturated heterocycles. The molecule has 0 fully saturated rings. The first-order valence-corrected chi connectivity index (χ1v) is 11.1. The topological polar surface area (TPSA) is 56.2 Å². The first-order valence-electron chi connectivity index (χ1n) is 11.1. The maximum absolute atomic E-state index is 6.00. The maximum Gasteiger partial charge on any atom is 0.248 e. The molecule has 0 saturated carbocycles. The minimum Gasteiger partial charge on any atom is -0.416 e. The summed E-state index contributed by atoms with van der Waals surface area (Å²) in [4.78, 5) is 5.07. The third-order valence-electron chi connectivity index (χ3n) is 6.14. The molecule has 0 radical (unpaired) electrons. The van der Waals surface area contributed by atoms with Crippen LogP contribution in [0.1, 0.15) is 0 Å². The minimum atomic E-state index is 0.484. The Morgan fingerprint density at radius 1 is 0.529 bits per heavy atom. The van der Waals surface area contributed by atoms with E-state index in [0.29, 0.717) is 11.8 Å². The van der Waals surface area contributed by atoms with E-state index in [1.165, 1.54) is 5.39 Å². The van der Waals surface area contributed by atoms with Crippen molar-refractivity contribution >= 4 is 27.5 Å². The van der Waals surface area contributed by atoms with Crippen LogP contribution in [0.3, 0.4) is 0 Å². The Morgan fingerprint density at radius 3 is 2.09 bits per heavy atom. The molecule has 0 amide bonds. The molecule has 0 aliphatic heterocycles. The molecule has 34 heavy (non-hydrogen) atoms. The lowest BCUT2D eigenvalue weighted by atomic mass is 10.1. The monoisotopic (exact) mass is 438 g/mol. The van der Waals surface area contributed by atoms with Gasteiger partial charge in [0.25, 0.3) is 0 Å². The van der Waals surface area contributed by atoms with Gasteiger partial charge in [0, 0.05) is 22.1 Å². The molecule has 5 nitrogen and oxygen atoms in total. The third-order valence-corrected chi connectivity index (χ3v) is 6.14. The Balaban J connectivity index is 1.43. The molecule has 4 aromatic carbocycles. The molecule has 0 N–H and O–H groups in total. The van der Waals surface area contributed by atoms with Crippen LogP contribution in [-0.2, 0) is 0 Å². The van der Waals surface area contributed by atoms with Gasteiger partial charge in [-0.05, 0) is 48.5 Å². The van der Waals surface area contributed by atoms with E-state index in [1.807, 2.05) is 48.5 Å². The zero-order valence-electron chi connectivity index (χ0n) is 18.1. The van der Waals surface area contributed by atoms with Crippen LogP contribution in [-0.4, -0.2) is 19.6 Å². The molecule has 5 heteroatoms. The van der Waals surface area contributed by atoms with Crippen molar-refractivity contribution in [2.24, 2.45) is 0 Å². The number of nitrogens with zero attached hydrogens (tertiary/aromatic N) is 4. The van der Waals surface area contributed by atoms with Crippen molar-refractivity contribution in [3.05, 3.63) is 109 Å². The molecule has 0 aliphatic rings. The van der Waals surface area contributed by atoms with E-state index in [9.17, 15) is 0 Å². The van der Waals surface area contributed by atoms with Gasteiger partial charge in [-0.1, -0.05) is 60.7 Å². The molecule has 0 unspecified atom stereocenters. The van der Waals surface area contributed by atoms with Crippen molar-refractivity contribution in [1.82, 2.24) is 19.6 Å². The Bertz CT molecular complexity index is 1810. The van der Waals surface area contributed by atoms with E-state index < -0.39 is 0 Å². The van der Waals surface area contributed by atoms with Gasteiger partial charge in [-0.2, -0.15) is 0 Å². The summed E-state index contributed by atoms with van der Waals surface area (Å²) < 4.78 is 8.30. The average molecular weight is 438 g/mol. The predicted octanol–water partition coefficient (Wildman–Crippen LogP) is 7.02. The fourth-order valence-corrected chi connectivity index (χ4v) is 4.56. The number of aromatic nitrogens is 4. The van der Waals surface area contributed by atoms with Gasteiger partial charge in [0.1, 0.15) is 0 Å². The summed E-state index contributed by atoms with van der Waals surface area (Å²) >= 11 is 0. The second-order valence-electron chi connectivity index (χ2n) is 8.23. The van der Waals surface area contributed by atoms with Gasteiger partial charge in [-0.3, -0.25) is 0 Å². The van der Waals surface area contributed by atoms with E-state index in [2.05, 4.69) is 75.3 Å². The van der Waals surface area contributed by atoms with Crippen LogP contribution in [0.25, 0.3) is 61.6 Å². The number of para-hydroxylation sites is 3. The van der Waals surface area contributed by atoms with Crippen LogP contribution in [0.5, 0.6) is 0 Å². The van der Waals surface area contributed by atoms with Crippen molar-refractivity contribution < 1.29 is 4.42 Å². The van der Waals surface area contributed by atoms with E-state index in [1.54, 1.807) is 0 Å². The predicted molar refractivity (Wildman–Crippen MR) is 134 cm³/mol. The fourth-order valence-electron chi connectivity index (χ4n) is 4.56. The molecule has 0 spiro atoms. The Kier molecular flexibility index (Phi) is 4.08. The van der Waals surface area contributed by atoms with Gasteiger partial charge in [0.15, 0.2) is 0 Å². The van der Waals surface area contributed by atoms with Gasteiger partial charge in [0.2, 0.25) is 11.8 Å². The lowest BCUT2D eigenvalue weighted by molar-refractivity contribution is 0.584. The summed E-state index contributed by atoms with van der Waals surface area (Å²) in [6.07, 6.45) is 0. The van der Waals surface area contributed by atoms with Crippen LogP contribution in [0.2, 0.25) is 0 Å².